The van der Waals surface area contributed by atoms with Gasteiger partial charge in [-0.2, -0.15) is 5.10 Å². The van der Waals surface area contributed by atoms with E-state index >= 15 is 0 Å². The molecule has 0 unspecified atom stereocenters. The van der Waals surface area contributed by atoms with Crippen LogP contribution in [0.5, 0.6) is 11.5 Å². The molecule has 0 fully saturated rings. The molecule has 0 aliphatic heterocycles. The quantitative estimate of drug-likeness (QED) is 0.325. The average molecular weight is 391 g/mol. The van der Waals surface area contributed by atoms with Crippen molar-refractivity contribution in [2.45, 2.75) is 13.8 Å². The van der Waals surface area contributed by atoms with Crippen LogP contribution in [-0.2, 0) is 0 Å². The lowest BCUT2D eigenvalue weighted by atomic mass is 10.0. The maximum Gasteiger partial charge on any atom is 0.204 e. The first kappa shape index (κ1) is 18.3. The zero-order valence-electron chi connectivity index (χ0n) is 15.8. The third-order valence-corrected chi connectivity index (χ3v) is 5.19. The highest BCUT2D eigenvalue weighted by molar-refractivity contribution is 7.22. The minimum atomic E-state index is 0.586. The second-order valence-corrected chi connectivity index (χ2v) is 7.11. The van der Waals surface area contributed by atoms with Crippen LogP contribution in [0.2, 0.25) is 0 Å². The summed E-state index contributed by atoms with van der Waals surface area (Å²) >= 11 is 1.57. The van der Waals surface area contributed by atoms with E-state index in [9.17, 15) is 0 Å². The monoisotopic (exact) mass is 391 g/mol. The largest absolute Gasteiger partial charge is 0.494 e. The number of nitrogens with zero attached hydrogens (tertiary/aromatic N) is 2. The Morgan fingerprint density at radius 2 is 1.86 bits per heavy atom. The zero-order chi connectivity index (χ0) is 19.3. The summed E-state index contributed by atoms with van der Waals surface area (Å²) in [7, 11) is 0. The average Bonchev–Trinajstić information content (AvgIpc) is 3.12. The summed E-state index contributed by atoms with van der Waals surface area (Å²) in [6, 6.07) is 18.1. The molecule has 4 rings (SSSR count). The van der Waals surface area contributed by atoms with Gasteiger partial charge in [0.25, 0.3) is 0 Å². The van der Waals surface area contributed by atoms with Crippen LogP contribution >= 0.6 is 11.3 Å². The Balaban J connectivity index is 1.68. The number of hydrazone groups is 1. The van der Waals surface area contributed by atoms with Gasteiger partial charge in [-0.1, -0.05) is 35.6 Å². The van der Waals surface area contributed by atoms with E-state index in [1.54, 1.807) is 17.6 Å². The predicted octanol–water partition coefficient (Wildman–Crippen LogP) is 5.69. The topological polar surface area (TPSA) is 55.7 Å². The van der Waals surface area contributed by atoms with Crippen molar-refractivity contribution in [2.75, 3.05) is 18.6 Å². The predicted molar refractivity (Wildman–Crippen MR) is 117 cm³/mol. The van der Waals surface area contributed by atoms with E-state index in [0.29, 0.717) is 13.2 Å². The molecule has 4 aromatic rings. The standard InChI is InChI=1S/C22H21N3O2S/c1-3-26-16-11-9-15-10-12-20(27-4-2)18(17(15)13-16)14-23-25-22-24-19-7-5-6-8-21(19)28-22/h5-14H,3-4H2,1-2H3,(H,24,25)/b23-14+. The molecule has 6 heteroatoms. The van der Waals surface area contributed by atoms with Crippen LogP contribution in [0.15, 0.2) is 59.7 Å². The van der Waals surface area contributed by atoms with Crippen LogP contribution in [-0.4, -0.2) is 24.4 Å². The summed E-state index contributed by atoms with van der Waals surface area (Å²) in [4.78, 5) is 4.55. The van der Waals surface area contributed by atoms with Gasteiger partial charge in [-0.05, 0) is 55.0 Å². The van der Waals surface area contributed by atoms with Crippen LogP contribution in [0, 0.1) is 0 Å². The van der Waals surface area contributed by atoms with Crippen molar-refractivity contribution in [1.29, 1.82) is 0 Å². The number of thiazole rings is 1. The molecule has 0 aliphatic carbocycles. The summed E-state index contributed by atoms with van der Waals surface area (Å²) in [6.45, 7) is 5.16. The number of hydrogen-bond donors (Lipinski definition) is 1. The van der Waals surface area contributed by atoms with Crippen LogP contribution in [0.4, 0.5) is 5.13 Å². The van der Waals surface area contributed by atoms with Gasteiger partial charge in [0.2, 0.25) is 5.13 Å². The number of nitrogens with one attached hydrogen (secondary N) is 1. The molecule has 3 aromatic carbocycles. The number of aromatic nitrogens is 1. The Labute approximate surface area is 167 Å². The normalized spacial score (nSPS) is 11.4. The molecule has 142 valence electrons. The SMILES string of the molecule is CCOc1ccc2ccc(OCC)c(/C=N/Nc3nc4ccccc4s3)c2c1. The summed E-state index contributed by atoms with van der Waals surface area (Å²) < 4.78 is 12.6. The van der Waals surface area contributed by atoms with Crippen molar-refractivity contribution in [1.82, 2.24) is 4.98 Å². The van der Waals surface area contributed by atoms with E-state index in [-0.39, 0.29) is 0 Å². The maximum atomic E-state index is 5.82. The summed E-state index contributed by atoms with van der Waals surface area (Å²) in [5.41, 5.74) is 4.92. The van der Waals surface area contributed by atoms with Crippen molar-refractivity contribution in [3.63, 3.8) is 0 Å². The van der Waals surface area contributed by atoms with Crippen LogP contribution in [0.25, 0.3) is 21.0 Å². The minimum Gasteiger partial charge on any atom is -0.494 e. The molecular formula is C22H21N3O2S. The van der Waals surface area contributed by atoms with Crippen molar-refractivity contribution >= 4 is 43.7 Å². The van der Waals surface area contributed by atoms with Gasteiger partial charge in [-0.15, -0.1) is 0 Å². The lowest BCUT2D eigenvalue weighted by molar-refractivity contribution is 0.339. The highest BCUT2D eigenvalue weighted by atomic mass is 32.1. The molecule has 0 bridgehead atoms. The maximum absolute atomic E-state index is 5.82. The van der Waals surface area contributed by atoms with Crippen LogP contribution in [0.1, 0.15) is 19.4 Å². The third kappa shape index (κ3) is 3.77. The lowest BCUT2D eigenvalue weighted by Crippen LogP contribution is -1.99. The highest BCUT2D eigenvalue weighted by Gasteiger charge is 2.09. The third-order valence-electron chi connectivity index (χ3n) is 4.25. The van der Waals surface area contributed by atoms with Crippen molar-refractivity contribution in [3.05, 3.63) is 60.2 Å². The lowest BCUT2D eigenvalue weighted by Gasteiger charge is -2.11. The number of ether oxygens (including phenoxy) is 2. The second kappa shape index (κ2) is 8.27. The number of hydrogen-bond acceptors (Lipinski definition) is 6. The number of rotatable bonds is 7. The Kier molecular flexibility index (Phi) is 5.39. The van der Waals surface area contributed by atoms with E-state index < -0.39 is 0 Å². The molecule has 1 N–H and O–H groups in total. The zero-order valence-corrected chi connectivity index (χ0v) is 16.6. The fourth-order valence-corrected chi connectivity index (χ4v) is 3.86. The first-order chi connectivity index (χ1) is 13.8. The smallest absolute Gasteiger partial charge is 0.204 e. The Morgan fingerprint density at radius 1 is 1.04 bits per heavy atom. The van der Waals surface area contributed by atoms with E-state index in [1.165, 1.54) is 0 Å². The number of anilines is 1. The first-order valence-corrected chi connectivity index (χ1v) is 10.1. The van der Waals surface area contributed by atoms with Gasteiger partial charge in [-0.3, -0.25) is 5.43 Å². The summed E-state index contributed by atoms with van der Waals surface area (Å²) in [5, 5.41) is 7.32. The fourth-order valence-electron chi connectivity index (χ4n) is 3.05. The van der Waals surface area contributed by atoms with Gasteiger partial charge >= 0.3 is 0 Å². The second-order valence-electron chi connectivity index (χ2n) is 6.08. The Bertz CT molecular complexity index is 1100. The van der Waals surface area contributed by atoms with Gasteiger partial charge in [0, 0.05) is 5.56 Å². The summed E-state index contributed by atoms with van der Waals surface area (Å²) in [5.74, 6) is 1.62. The molecule has 0 spiro atoms. The molecule has 0 saturated carbocycles. The van der Waals surface area contributed by atoms with Gasteiger partial charge in [0.15, 0.2) is 0 Å². The van der Waals surface area contributed by atoms with E-state index in [4.69, 9.17) is 9.47 Å². The minimum absolute atomic E-state index is 0.586. The fraction of sp³-hybridized carbons (Fsp3) is 0.182. The van der Waals surface area contributed by atoms with Crippen molar-refractivity contribution < 1.29 is 9.47 Å². The van der Waals surface area contributed by atoms with Gasteiger partial charge < -0.3 is 9.47 Å². The number of fused-ring (bicyclic) bond motifs is 2. The highest BCUT2D eigenvalue weighted by Crippen LogP contribution is 2.30. The van der Waals surface area contributed by atoms with E-state index in [2.05, 4.69) is 21.6 Å². The summed E-state index contributed by atoms with van der Waals surface area (Å²) in [6.07, 6.45) is 1.79. The Hall–Kier alpha value is -3.12. The van der Waals surface area contributed by atoms with Gasteiger partial charge in [0.1, 0.15) is 11.5 Å². The van der Waals surface area contributed by atoms with Crippen LogP contribution < -0.4 is 14.9 Å². The van der Waals surface area contributed by atoms with Gasteiger partial charge in [-0.25, -0.2) is 4.98 Å². The van der Waals surface area contributed by atoms with E-state index in [0.717, 1.165) is 43.2 Å². The number of benzene rings is 3. The molecule has 0 aliphatic rings. The molecule has 1 heterocycles. The van der Waals surface area contributed by atoms with Crippen molar-refractivity contribution in [2.24, 2.45) is 5.10 Å². The van der Waals surface area contributed by atoms with Crippen molar-refractivity contribution in [3.8, 4) is 11.5 Å². The van der Waals surface area contributed by atoms with Gasteiger partial charge in [0.05, 0.1) is 29.6 Å². The molecule has 0 radical (unpaired) electrons. The molecule has 0 saturated heterocycles. The van der Waals surface area contributed by atoms with E-state index in [1.807, 2.05) is 62.4 Å². The molecule has 1 aromatic heterocycles. The van der Waals surface area contributed by atoms with Crippen LogP contribution in [0.3, 0.4) is 0 Å². The Morgan fingerprint density at radius 3 is 2.68 bits per heavy atom. The molecule has 0 atom stereocenters. The molecule has 5 nitrogen and oxygen atoms in total. The molecule has 0 amide bonds. The first-order valence-electron chi connectivity index (χ1n) is 9.25. The molecular weight excluding hydrogens is 370 g/mol. The number of para-hydroxylation sites is 1. The molecule has 28 heavy (non-hydrogen) atoms.